The van der Waals surface area contributed by atoms with Crippen molar-refractivity contribution in [2.24, 2.45) is 5.92 Å². The molecular formula is C17H24N2O2. The van der Waals surface area contributed by atoms with E-state index in [1.54, 1.807) is 7.11 Å². The Morgan fingerprint density at radius 3 is 2.76 bits per heavy atom. The number of rotatable bonds is 4. The molecule has 1 aromatic rings. The lowest BCUT2D eigenvalue weighted by Gasteiger charge is -2.40. The molecule has 1 heterocycles. The van der Waals surface area contributed by atoms with Gasteiger partial charge in [-0.2, -0.15) is 0 Å². The van der Waals surface area contributed by atoms with Crippen LogP contribution in [0.25, 0.3) is 0 Å². The van der Waals surface area contributed by atoms with Gasteiger partial charge in [0.25, 0.3) is 0 Å². The highest BCUT2D eigenvalue weighted by Gasteiger charge is 2.32. The van der Waals surface area contributed by atoms with Gasteiger partial charge < -0.3 is 9.64 Å². The molecule has 0 aromatic heterocycles. The first kappa shape index (κ1) is 14.4. The predicted octanol–water partition coefficient (Wildman–Crippen LogP) is 2.31. The van der Waals surface area contributed by atoms with Crippen molar-refractivity contribution in [1.29, 1.82) is 0 Å². The van der Waals surface area contributed by atoms with E-state index in [1.165, 1.54) is 18.4 Å². The number of methoxy groups -OCH3 is 1. The molecule has 1 aliphatic carbocycles. The summed E-state index contributed by atoms with van der Waals surface area (Å²) in [6.45, 7) is 2.52. The van der Waals surface area contributed by atoms with Crippen LogP contribution in [0, 0.1) is 5.92 Å². The van der Waals surface area contributed by atoms with Gasteiger partial charge in [-0.3, -0.25) is 9.69 Å². The molecule has 1 amide bonds. The average Bonchev–Trinajstić information content (AvgIpc) is 3.31. The SMILES string of the molecule is COc1ccccc1[C@@H]1CN(C(=O)CC2CC2)CCN1C. The monoisotopic (exact) mass is 288 g/mol. The maximum atomic E-state index is 12.4. The molecule has 114 valence electrons. The van der Waals surface area contributed by atoms with Crippen molar-refractivity contribution in [2.45, 2.75) is 25.3 Å². The van der Waals surface area contributed by atoms with Crippen LogP contribution in [0.5, 0.6) is 5.75 Å². The molecule has 0 bridgehead atoms. The lowest BCUT2D eigenvalue weighted by Crippen LogP contribution is -2.49. The standard InChI is InChI=1S/C17H24N2O2/c1-18-9-10-19(17(20)11-13-7-8-13)12-15(18)14-5-3-4-6-16(14)21-2/h3-6,13,15H,7-12H2,1-2H3/t15-/m0/s1. The van der Waals surface area contributed by atoms with E-state index in [-0.39, 0.29) is 6.04 Å². The first-order chi connectivity index (χ1) is 10.2. The number of carbonyl (C=O) groups excluding carboxylic acids is 1. The smallest absolute Gasteiger partial charge is 0.222 e. The molecular weight excluding hydrogens is 264 g/mol. The Hall–Kier alpha value is -1.55. The molecule has 2 aliphatic rings. The van der Waals surface area contributed by atoms with Gasteiger partial charge in [-0.05, 0) is 31.9 Å². The molecule has 1 aliphatic heterocycles. The normalized spacial score (nSPS) is 23.1. The maximum Gasteiger partial charge on any atom is 0.222 e. The van der Waals surface area contributed by atoms with E-state index >= 15 is 0 Å². The van der Waals surface area contributed by atoms with Crippen molar-refractivity contribution in [3.8, 4) is 5.75 Å². The number of nitrogens with zero attached hydrogens (tertiary/aromatic N) is 2. The van der Waals surface area contributed by atoms with Gasteiger partial charge in [-0.15, -0.1) is 0 Å². The number of piperazine rings is 1. The third-order valence-electron chi connectivity index (χ3n) is 4.66. The van der Waals surface area contributed by atoms with Gasteiger partial charge in [0, 0.05) is 31.6 Å². The van der Waals surface area contributed by atoms with Crippen molar-refractivity contribution in [1.82, 2.24) is 9.80 Å². The number of carbonyl (C=O) groups is 1. The summed E-state index contributed by atoms with van der Waals surface area (Å²) in [5.74, 6) is 1.89. The second kappa shape index (κ2) is 6.06. The van der Waals surface area contributed by atoms with Crippen molar-refractivity contribution < 1.29 is 9.53 Å². The topological polar surface area (TPSA) is 32.8 Å². The largest absolute Gasteiger partial charge is 0.496 e. The summed E-state index contributed by atoms with van der Waals surface area (Å²) in [4.78, 5) is 16.7. The summed E-state index contributed by atoms with van der Waals surface area (Å²) in [5, 5.41) is 0. The van der Waals surface area contributed by atoms with Crippen LogP contribution in [0.1, 0.15) is 30.9 Å². The molecule has 21 heavy (non-hydrogen) atoms. The summed E-state index contributed by atoms with van der Waals surface area (Å²) >= 11 is 0. The molecule has 1 saturated carbocycles. The quantitative estimate of drug-likeness (QED) is 0.852. The number of para-hydroxylation sites is 1. The van der Waals surface area contributed by atoms with E-state index in [4.69, 9.17) is 4.74 Å². The number of likely N-dealkylation sites (N-methyl/N-ethyl adjacent to an activating group) is 1. The van der Waals surface area contributed by atoms with Crippen LogP contribution in [0.4, 0.5) is 0 Å². The highest BCUT2D eigenvalue weighted by molar-refractivity contribution is 5.77. The van der Waals surface area contributed by atoms with Crippen molar-refractivity contribution in [3.05, 3.63) is 29.8 Å². The maximum absolute atomic E-state index is 12.4. The Kier molecular flexibility index (Phi) is 4.15. The minimum Gasteiger partial charge on any atom is -0.496 e. The van der Waals surface area contributed by atoms with Gasteiger partial charge in [-0.1, -0.05) is 18.2 Å². The summed E-state index contributed by atoms with van der Waals surface area (Å²) < 4.78 is 5.49. The third kappa shape index (κ3) is 3.21. The molecule has 0 spiro atoms. The van der Waals surface area contributed by atoms with Crippen molar-refractivity contribution in [2.75, 3.05) is 33.8 Å². The van der Waals surface area contributed by atoms with Gasteiger partial charge in [0.05, 0.1) is 13.2 Å². The molecule has 1 atom stereocenters. The van der Waals surface area contributed by atoms with Crippen molar-refractivity contribution >= 4 is 5.91 Å². The molecule has 4 nitrogen and oxygen atoms in total. The fraction of sp³-hybridized carbons (Fsp3) is 0.588. The highest BCUT2D eigenvalue weighted by atomic mass is 16.5. The van der Waals surface area contributed by atoms with Crippen LogP contribution in [0.2, 0.25) is 0 Å². The second-order valence-electron chi connectivity index (χ2n) is 6.23. The van der Waals surface area contributed by atoms with Crippen LogP contribution >= 0.6 is 0 Å². The van der Waals surface area contributed by atoms with Gasteiger partial charge >= 0.3 is 0 Å². The fourth-order valence-electron chi connectivity index (χ4n) is 3.08. The van der Waals surface area contributed by atoms with Gasteiger partial charge in [0.2, 0.25) is 5.91 Å². The summed E-state index contributed by atoms with van der Waals surface area (Å²) in [6.07, 6.45) is 3.20. The van der Waals surface area contributed by atoms with E-state index in [2.05, 4.69) is 18.0 Å². The average molecular weight is 288 g/mol. The molecule has 1 aromatic carbocycles. The summed E-state index contributed by atoms with van der Waals surface area (Å²) in [5.41, 5.74) is 1.17. The molecule has 0 unspecified atom stereocenters. The first-order valence-corrected chi connectivity index (χ1v) is 7.80. The fourth-order valence-corrected chi connectivity index (χ4v) is 3.08. The Labute approximate surface area is 126 Å². The molecule has 2 fully saturated rings. The molecule has 1 saturated heterocycles. The van der Waals surface area contributed by atoms with E-state index in [0.29, 0.717) is 11.8 Å². The zero-order chi connectivity index (χ0) is 14.8. The predicted molar refractivity (Wildman–Crippen MR) is 82.3 cm³/mol. The lowest BCUT2D eigenvalue weighted by molar-refractivity contribution is -0.134. The van der Waals surface area contributed by atoms with Gasteiger partial charge in [-0.25, -0.2) is 0 Å². The van der Waals surface area contributed by atoms with Crippen molar-refractivity contribution in [3.63, 3.8) is 0 Å². The zero-order valence-corrected chi connectivity index (χ0v) is 12.9. The minimum atomic E-state index is 0.220. The number of ether oxygens (including phenoxy) is 1. The first-order valence-electron chi connectivity index (χ1n) is 7.80. The number of amides is 1. The van der Waals surface area contributed by atoms with Crippen LogP contribution in [0.3, 0.4) is 0 Å². The Morgan fingerprint density at radius 1 is 1.29 bits per heavy atom. The summed E-state index contributed by atoms with van der Waals surface area (Å²) in [7, 11) is 3.83. The van der Waals surface area contributed by atoms with E-state index < -0.39 is 0 Å². The Bertz CT molecular complexity index is 513. The molecule has 0 N–H and O–H groups in total. The second-order valence-corrected chi connectivity index (χ2v) is 6.23. The van der Waals surface area contributed by atoms with E-state index in [1.807, 2.05) is 23.1 Å². The lowest BCUT2D eigenvalue weighted by atomic mass is 10.0. The van der Waals surface area contributed by atoms with Gasteiger partial charge in [0.15, 0.2) is 0 Å². The zero-order valence-electron chi connectivity index (χ0n) is 12.9. The Morgan fingerprint density at radius 2 is 2.05 bits per heavy atom. The highest BCUT2D eigenvalue weighted by Crippen LogP contribution is 2.35. The number of hydrogen-bond acceptors (Lipinski definition) is 3. The minimum absolute atomic E-state index is 0.220. The van der Waals surface area contributed by atoms with E-state index in [9.17, 15) is 4.79 Å². The van der Waals surface area contributed by atoms with Crippen LogP contribution in [-0.4, -0.2) is 49.5 Å². The number of benzene rings is 1. The molecule has 0 radical (unpaired) electrons. The van der Waals surface area contributed by atoms with Gasteiger partial charge in [0.1, 0.15) is 5.75 Å². The van der Waals surface area contributed by atoms with Crippen LogP contribution < -0.4 is 4.74 Å². The van der Waals surface area contributed by atoms with Crippen LogP contribution in [-0.2, 0) is 4.79 Å². The van der Waals surface area contributed by atoms with E-state index in [0.717, 1.165) is 31.8 Å². The number of hydrogen-bond donors (Lipinski definition) is 0. The molecule has 4 heteroatoms. The van der Waals surface area contributed by atoms with Crippen LogP contribution in [0.15, 0.2) is 24.3 Å². The molecule has 3 rings (SSSR count). The third-order valence-corrected chi connectivity index (χ3v) is 4.66. The Balaban J connectivity index is 1.74. The summed E-state index contributed by atoms with van der Waals surface area (Å²) in [6, 6.07) is 8.35.